The van der Waals surface area contributed by atoms with E-state index >= 15 is 0 Å². The lowest BCUT2D eigenvalue weighted by Gasteiger charge is -2.15. The van der Waals surface area contributed by atoms with E-state index < -0.39 is 10.2 Å². The van der Waals surface area contributed by atoms with Crippen LogP contribution >= 0.6 is 11.6 Å². The lowest BCUT2D eigenvalue weighted by atomic mass is 10.4. The Balaban J connectivity index is 2.36. The second-order valence-electron chi connectivity index (χ2n) is 3.05. The van der Waals surface area contributed by atoms with E-state index in [2.05, 4.69) is 4.72 Å². The molecule has 1 aliphatic heterocycles. The van der Waals surface area contributed by atoms with Gasteiger partial charge in [0.2, 0.25) is 0 Å². The standard InChI is InChI=1S/C7H15ClN2O2S/c8-4-3-5-9-13(11,12)10-6-1-2-7-10/h9H,1-7H2. The van der Waals surface area contributed by atoms with Crippen molar-refractivity contribution >= 4 is 21.8 Å². The van der Waals surface area contributed by atoms with Gasteiger partial charge in [-0.2, -0.15) is 12.7 Å². The molecule has 4 nitrogen and oxygen atoms in total. The summed E-state index contributed by atoms with van der Waals surface area (Å²) >= 11 is 5.44. The van der Waals surface area contributed by atoms with Gasteiger partial charge in [-0.15, -0.1) is 11.6 Å². The first-order valence-electron chi connectivity index (χ1n) is 4.47. The summed E-state index contributed by atoms with van der Waals surface area (Å²) in [5.74, 6) is 0.489. The second-order valence-corrected chi connectivity index (χ2v) is 5.18. The van der Waals surface area contributed by atoms with Crippen LogP contribution in [-0.2, 0) is 10.2 Å². The molecule has 1 saturated heterocycles. The highest BCUT2D eigenvalue weighted by molar-refractivity contribution is 7.87. The maximum Gasteiger partial charge on any atom is 0.279 e. The predicted octanol–water partition coefficient (Wildman–Crippen LogP) is 0.545. The fourth-order valence-corrected chi connectivity index (χ4v) is 2.75. The summed E-state index contributed by atoms with van der Waals surface area (Å²) in [5.41, 5.74) is 0. The molecule has 1 rings (SSSR count). The van der Waals surface area contributed by atoms with Gasteiger partial charge in [0.25, 0.3) is 10.2 Å². The second kappa shape index (κ2) is 5.14. The monoisotopic (exact) mass is 226 g/mol. The van der Waals surface area contributed by atoms with Crippen LogP contribution in [0.1, 0.15) is 19.3 Å². The number of halogens is 1. The van der Waals surface area contributed by atoms with Crippen molar-refractivity contribution in [2.24, 2.45) is 0 Å². The molecular formula is C7H15ClN2O2S. The highest BCUT2D eigenvalue weighted by Gasteiger charge is 2.23. The van der Waals surface area contributed by atoms with Crippen molar-refractivity contribution < 1.29 is 8.42 Å². The van der Waals surface area contributed by atoms with Gasteiger partial charge in [0.15, 0.2) is 0 Å². The van der Waals surface area contributed by atoms with Gasteiger partial charge in [0.05, 0.1) is 0 Å². The van der Waals surface area contributed by atoms with Crippen molar-refractivity contribution in [2.75, 3.05) is 25.5 Å². The molecule has 0 atom stereocenters. The first kappa shape index (κ1) is 11.2. The number of hydrogen-bond acceptors (Lipinski definition) is 2. The number of rotatable bonds is 5. The molecule has 0 aromatic heterocycles. The molecule has 1 heterocycles. The third-order valence-corrected chi connectivity index (χ3v) is 3.88. The van der Waals surface area contributed by atoms with Gasteiger partial charge < -0.3 is 0 Å². The van der Waals surface area contributed by atoms with Gasteiger partial charge in [0.1, 0.15) is 0 Å². The van der Waals surface area contributed by atoms with Crippen molar-refractivity contribution in [3.63, 3.8) is 0 Å². The fourth-order valence-electron chi connectivity index (χ4n) is 1.29. The molecule has 0 bridgehead atoms. The fraction of sp³-hybridized carbons (Fsp3) is 1.00. The van der Waals surface area contributed by atoms with Crippen molar-refractivity contribution in [1.82, 2.24) is 9.03 Å². The minimum atomic E-state index is -3.21. The molecule has 0 amide bonds. The summed E-state index contributed by atoms with van der Waals surface area (Å²) in [4.78, 5) is 0. The molecule has 0 saturated carbocycles. The van der Waals surface area contributed by atoms with Crippen molar-refractivity contribution in [3.8, 4) is 0 Å². The predicted molar refractivity (Wildman–Crippen MR) is 53.1 cm³/mol. The smallest absolute Gasteiger partial charge is 0.202 e. The Bertz CT molecular complexity index is 237. The first-order chi connectivity index (χ1) is 6.17. The zero-order valence-electron chi connectivity index (χ0n) is 7.50. The first-order valence-corrected chi connectivity index (χ1v) is 6.45. The van der Waals surface area contributed by atoms with Gasteiger partial charge >= 0.3 is 0 Å². The van der Waals surface area contributed by atoms with Crippen molar-refractivity contribution in [2.45, 2.75) is 19.3 Å². The van der Waals surface area contributed by atoms with E-state index in [0.29, 0.717) is 31.9 Å². The maximum absolute atomic E-state index is 11.5. The molecule has 0 spiro atoms. The van der Waals surface area contributed by atoms with Crippen LogP contribution in [0.2, 0.25) is 0 Å². The highest BCUT2D eigenvalue weighted by atomic mass is 35.5. The zero-order chi connectivity index (χ0) is 9.73. The molecule has 0 aromatic rings. The molecule has 1 N–H and O–H groups in total. The molecule has 6 heteroatoms. The number of nitrogens with one attached hydrogen (secondary N) is 1. The van der Waals surface area contributed by atoms with E-state index in [1.54, 1.807) is 0 Å². The summed E-state index contributed by atoms with van der Waals surface area (Å²) in [7, 11) is -3.21. The molecule has 1 aliphatic rings. The van der Waals surface area contributed by atoms with E-state index in [0.717, 1.165) is 12.8 Å². The van der Waals surface area contributed by atoms with Crippen LogP contribution in [0.5, 0.6) is 0 Å². The van der Waals surface area contributed by atoms with E-state index in [4.69, 9.17) is 11.6 Å². The Morgan fingerprint density at radius 1 is 1.31 bits per heavy atom. The van der Waals surface area contributed by atoms with Gasteiger partial charge in [-0.1, -0.05) is 0 Å². The summed E-state index contributed by atoms with van der Waals surface area (Å²) < 4.78 is 27.0. The zero-order valence-corrected chi connectivity index (χ0v) is 9.07. The number of alkyl halides is 1. The van der Waals surface area contributed by atoms with Gasteiger partial charge in [-0.25, -0.2) is 4.72 Å². The average molecular weight is 227 g/mol. The SMILES string of the molecule is O=S(=O)(NCCCCl)N1CCCC1. The van der Waals surface area contributed by atoms with Crippen molar-refractivity contribution in [1.29, 1.82) is 0 Å². The summed E-state index contributed by atoms with van der Waals surface area (Å²) in [6.45, 7) is 1.73. The molecule has 0 aromatic carbocycles. The molecule has 0 aliphatic carbocycles. The van der Waals surface area contributed by atoms with E-state index in [1.807, 2.05) is 0 Å². The Morgan fingerprint density at radius 2 is 1.92 bits per heavy atom. The third kappa shape index (κ3) is 3.42. The number of nitrogens with zero attached hydrogens (tertiary/aromatic N) is 1. The normalized spacial score (nSPS) is 19.5. The maximum atomic E-state index is 11.5. The van der Waals surface area contributed by atoms with E-state index in [1.165, 1.54) is 4.31 Å². The van der Waals surface area contributed by atoms with Gasteiger partial charge in [0, 0.05) is 25.5 Å². The van der Waals surface area contributed by atoms with E-state index in [9.17, 15) is 8.42 Å². The molecule has 1 fully saturated rings. The topological polar surface area (TPSA) is 49.4 Å². The molecule has 0 radical (unpaired) electrons. The van der Waals surface area contributed by atoms with Crippen LogP contribution in [0.4, 0.5) is 0 Å². The van der Waals surface area contributed by atoms with Crippen molar-refractivity contribution in [3.05, 3.63) is 0 Å². The summed E-state index contributed by atoms with van der Waals surface area (Å²) in [6.07, 6.45) is 2.61. The van der Waals surface area contributed by atoms with Gasteiger partial charge in [-0.05, 0) is 19.3 Å². The van der Waals surface area contributed by atoms with Crippen LogP contribution in [-0.4, -0.2) is 38.2 Å². The lowest BCUT2D eigenvalue weighted by molar-refractivity contribution is 0.465. The quantitative estimate of drug-likeness (QED) is 0.550. The van der Waals surface area contributed by atoms with Gasteiger partial charge in [-0.3, -0.25) is 0 Å². The Morgan fingerprint density at radius 3 is 2.46 bits per heavy atom. The van der Waals surface area contributed by atoms with E-state index in [-0.39, 0.29) is 0 Å². The largest absolute Gasteiger partial charge is 0.279 e. The summed E-state index contributed by atoms with van der Waals surface area (Å²) in [6, 6.07) is 0. The highest BCUT2D eigenvalue weighted by Crippen LogP contribution is 2.10. The third-order valence-electron chi connectivity index (χ3n) is 2.00. The Hall–Kier alpha value is 0.160. The minimum Gasteiger partial charge on any atom is -0.202 e. The Labute approximate surface area is 84.4 Å². The Kier molecular flexibility index (Phi) is 4.45. The average Bonchev–Trinajstić information content (AvgIpc) is 2.56. The van der Waals surface area contributed by atoms with Crippen LogP contribution in [0.15, 0.2) is 0 Å². The minimum absolute atomic E-state index is 0.433. The molecule has 0 unspecified atom stereocenters. The van der Waals surface area contributed by atoms with Crippen LogP contribution in [0.25, 0.3) is 0 Å². The van der Waals surface area contributed by atoms with Crippen LogP contribution in [0.3, 0.4) is 0 Å². The lowest BCUT2D eigenvalue weighted by Crippen LogP contribution is -2.39. The number of hydrogen-bond donors (Lipinski definition) is 1. The molecule has 78 valence electrons. The van der Waals surface area contributed by atoms with Crippen LogP contribution < -0.4 is 4.72 Å². The molecular weight excluding hydrogens is 212 g/mol. The van der Waals surface area contributed by atoms with Crippen LogP contribution in [0, 0.1) is 0 Å². The molecule has 13 heavy (non-hydrogen) atoms. The summed E-state index contributed by atoms with van der Waals surface area (Å²) in [5, 5.41) is 0.